The summed E-state index contributed by atoms with van der Waals surface area (Å²) in [4.78, 5) is 9.18. The zero-order valence-corrected chi connectivity index (χ0v) is 10.6. The van der Waals surface area contributed by atoms with E-state index < -0.39 is 0 Å². The first kappa shape index (κ1) is 11.4. The summed E-state index contributed by atoms with van der Waals surface area (Å²) in [5.74, 6) is 2.83. The van der Waals surface area contributed by atoms with Gasteiger partial charge in [-0.05, 0) is 24.2 Å². The fourth-order valence-electron chi connectivity index (χ4n) is 2.03. The Morgan fingerprint density at radius 1 is 1.31 bits per heavy atom. The summed E-state index contributed by atoms with van der Waals surface area (Å²) in [5, 5.41) is 3.39. The molecule has 0 spiro atoms. The summed E-state index contributed by atoms with van der Waals surface area (Å²) in [6.07, 6.45) is 2.96. The van der Waals surface area contributed by atoms with Crippen molar-refractivity contribution in [2.45, 2.75) is 40.0 Å². The standard InChI is InChI=1S/C13H21N3/c1-8(2)10-5-11-13(14-6-10)15-7-12(16-11)9(3)4/h7-10H,5-6H2,1-4H3,(H,14,15). The molecule has 0 aromatic carbocycles. The number of hydrogen-bond donors (Lipinski definition) is 1. The average molecular weight is 219 g/mol. The van der Waals surface area contributed by atoms with E-state index in [0.29, 0.717) is 17.8 Å². The van der Waals surface area contributed by atoms with Crippen LogP contribution in [0.15, 0.2) is 6.20 Å². The molecular weight excluding hydrogens is 198 g/mol. The minimum Gasteiger partial charge on any atom is -0.368 e. The van der Waals surface area contributed by atoms with Crippen LogP contribution in [-0.4, -0.2) is 16.5 Å². The van der Waals surface area contributed by atoms with E-state index in [9.17, 15) is 0 Å². The predicted octanol–water partition coefficient (Wildman–Crippen LogP) is 2.84. The predicted molar refractivity (Wildman–Crippen MR) is 66.6 cm³/mol. The number of anilines is 1. The molecule has 1 aliphatic rings. The van der Waals surface area contributed by atoms with Crippen molar-refractivity contribution < 1.29 is 0 Å². The highest BCUT2D eigenvalue weighted by molar-refractivity contribution is 5.43. The largest absolute Gasteiger partial charge is 0.368 e. The van der Waals surface area contributed by atoms with E-state index >= 15 is 0 Å². The average Bonchev–Trinajstić information content (AvgIpc) is 2.27. The summed E-state index contributed by atoms with van der Waals surface area (Å²) < 4.78 is 0. The topological polar surface area (TPSA) is 37.8 Å². The third-order valence-corrected chi connectivity index (χ3v) is 3.38. The minimum absolute atomic E-state index is 0.456. The molecule has 0 saturated carbocycles. The summed E-state index contributed by atoms with van der Waals surface area (Å²) >= 11 is 0. The Hall–Kier alpha value is -1.12. The molecule has 0 amide bonds. The molecule has 0 saturated heterocycles. The Bertz CT molecular complexity index is 371. The van der Waals surface area contributed by atoms with Crippen LogP contribution >= 0.6 is 0 Å². The van der Waals surface area contributed by atoms with Gasteiger partial charge in [-0.15, -0.1) is 0 Å². The Labute approximate surface area is 97.7 Å². The molecule has 3 heteroatoms. The third-order valence-electron chi connectivity index (χ3n) is 3.38. The molecular formula is C13H21N3. The van der Waals surface area contributed by atoms with Crippen LogP contribution in [0.5, 0.6) is 0 Å². The lowest BCUT2D eigenvalue weighted by molar-refractivity contribution is 0.387. The second kappa shape index (κ2) is 4.40. The van der Waals surface area contributed by atoms with Gasteiger partial charge >= 0.3 is 0 Å². The summed E-state index contributed by atoms with van der Waals surface area (Å²) in [5.41, 5.74) is 2.25. The molecule has 88 valence electrons. The quantitative estimate of drug-likeness (QED) is 0.831. The molecule has 0 fully saturated rings. The number of hydrogen-bond acceptors (Lipinski definition) is 3. The molecule has 1 N–H and O–H groups in total. The van der Waals surface area contributed by atoms with Gasteiger partial charge in [-0.1, -0.05) is 27.7 Å². The van der Waals surface area contributed by atoms with Gasteiger partial charge in [0.25, 0.3) is 0 Å². The molecule has 1 aromatic heterocycles. The summed E-state index contributed by atoms with van der Waals surface area (Å²) in [6, 6.07) is 0. The molecule has 1 atom stereocenters. The van der Waals surface area contributed by atoms with Crippen LogP contribution in [0.25, 0.3) is 0 Å². The van der Waals surface area contributed by atoms with E-state index in [1.807, 2.05) is 6.20 Å². The van der Waals surface area contributed by atoms with Gasteiger partial charge in [0, 0.05) is 6.54 Å². The molecule has 2 heterocycles. The van der Waals surface area contributed by atoms with Crippen molar-refractivity contribution in [3.63, 3.8) is 0 Å². The first-order chi connectivity index (χ1) is 7.58. The first-order valence-corrected chi connectivity index (χ1v) is 6.17. The van der Waals surface area contributed by atoms with Crippen LogP contribution in [0, 0.1) is 11.8 Å². The number of nitrogens with zero attached hydrogens (tertiary/aromatic N) is 2. The third kappa shape index (κ3) is 2.18. The minimum atomic E-state index is 0.456. The number of aromatic nitrogens is 2. The van der Waals surface area contributed by atoms with Crippen molar-refractivity contribution in [3.8, 4) is 0 Å². The van der Waals surface area contributed by atoms with Crippen LogP contribution in [0.4, 0.5) is 5.82 Å². The maximum absolute atomic E-state index is 4.72. The van der Waals surface area contributed by atoms with E-state index in [1.54, 1.807) is 0 Å². The fourth-order valence-corrected chi connectivity index (χ4v) is 2.03. The van der Waals surface area contributed by atoms with Gasteiger partial charge in [0.2, 0.25) is 0 Å². The number of rotatable bonds is 2. The van der Waals surface area contributed by atoms with Crippen LogP contribution in [0.2, 0.25) is 0 Å². The van der Waals surface area contributed by atoms with E-state index in [0.717, 1.165) is 30.2 Å². The van der Waals surface area contributed by atoms with Crippen LogP contribution in [0.1, 0.15) is 45.0 Å². The zero-order chi connectivity index (χ0) is 11.7. The molecule has 3 nitrogen and oxygen atoms in total. The normalized spacial score (nSPS) is 19.8. The van der Waals surface area contributed by atoms with E-state index in [2.05, 4.69) is 38.0 Å². The van der Waals surface area contributed by atoms with E-state index in [-0.39, 0.29) is 0 Å². The first-order valence-electron chi connectivity index (χ1n) is 6.17. The lowest BCUT2D eigenvalue weighted by Crippen LogP contribution is -2.28. The van der Waals surface area contributed by atoms with Crippen molar-refractivity contribution in [3.05, 3.63) is 17.6 Å². The van der Waals surface area contributed by atoms with Crippen molar-refractivity contribution in [1.29, 1.82) is 0 Å². The number of nitrogens with one attached hydrogen (secondary N) is 1. The Morgan fingerprint density at radius 3 is 2.69 bits per heavy atom. The smallest absolute Gasteiger partial charge is 0.147 e. The van der Waals surface area contributed by atoms with E-state index in [4.69, 9.17) is 4.98 Å². The molecule has 16 heavy (non-hydrogen) atoms. The van der Waals surface area contributed by atoms with E-state index in [1.165, 1.54) is 0 Å². The molecule has 0 aliphatic carbocycles. The second-order valence-corrected chi connectivity index (χ2v) is 5.33. The maximum Gasteiger partial charge on any atom is 0.147 e. The van der Waals surface area contributed by atoms with Crippen molar-refractivity contribution in [1.82, 2.24) is 9.97 Å². The molecule has 1 aliphatic heterocycles. The second-order valence-electron chi connectivity index (χ2n) is 5.33. The zero-order valence-electron chi connectivity index (χ0n) is 10.6. The Balaban J connectivity index is 2.25. The fraction of sp³-hybridized carbons (Fsp3) is 0.692. The monoisotopic (exact) mass is 219 g/mol. The Morgan fingerprint density at radius 2 is 2.06 bits per heavy atom. The highest BCUT2D eigenvalue weighted by Gasteiger charge is 2.23. The molecule has 1 aromatic rings. The lowest BCUT2D eigenvalue weighted by atomic mass is 9.89. The lowest BCUT2D eigenvalue weighted by Gasteiger charge is -2.27. The molecule has 0 bridgehead atoms. The van der Waals surface area contributed by atoms with Crippen LogP contribution < -0.4 is 5.32 Å². The van der Waals surface area contributed by atoms with Crippen LogP contribution in [-0.2, 0) is 6.42 Å². The van der Waals surface area contributed by atoms with Crippen molar-refractivity contribution >= 4 is 5.82 Å². The maximum atomic E-state index is 4.72. The summed E-state index contributed by atoms with van der Waals surface area (Å²) in [6.45, 7) is 9.90. The van der Waals surface area contributed by atoms with Gasteiger partial charge in [-0.3, -0.25) is 4.98 Å². The van der Waals surface area contributed by atoms with Gasteiger partial charge in [0.05, 0.1) is 17.6 Å². The SMILES string of the molecule is CC(C)c1cnc2c(n1)CC(C(C)C)CN2. The number of fused-ring (bicyclic) bond motifs is 1. The Kier molecular flexibility index (Phi) is 3.13. The van der Waals surface area contributed by atoms with Gasteiger partial charge in [0.1, 0.15) is 5.82 Å². The molecule has 1 unspecified atom stereocenters. The van der Waals surface area contributed by atoms with Crippen LogP contribution in [0.3, 0.4) is 0 Å². The highest BCUT2D eigenvalue weighted by Crippen LogP contribution is 2.26. The van der Waals surface area contributed by atoms with Gasteiger partial charge < -0.3 is 5.32 Å². The van der Waals surface area contributed by atoms with Gasteiger partial charge in [0.15, 0.2) is 0 Å². The van der Waals surface area contributed by atoms with Crippen molar-refractivity contribution in [2.75, 3.05) is 11.9 Å². The molecule has 0 radical (unpaired) electrons. The van der Waals surface area contributed by atoms with Gasteiger partial charge in [-0.2, -0.15) is 0 Å². The molecule has 2 rings (SSSR count). The highest BCUT2D eigenvalue weighted by atomic mass is 15.0. The van der Waals surface area contributed by atoms with Crippen molar-refractivity contribution in [2.24, 2.45) is 11.8 Å². The van der Waals surface area contributed by atoms with Gasteiger partial charge in [-0.25, -0.2) is 4.98 Å². The summed E-state index contributed by atoms with van der Waals surface area (Å²) in [7, 11) is 0.